The maximum atomic E-state index is 13.2. The van der Waals surface area contributed by atoms with E-state index in [1.807, 2.05) is 20.2 Å². The van der Waals surface area contributed by atoms with E-state index < -0.39 is 29.5 Å². The first-order valence-electron chi connectivity index (χ1n) is 14.5. The van der Waals surface area contributed by atoms with Gasteiger partial charge in [0.25, 0.3) is 11.8 Å². The first-order valence-corrected chi connectivity index (χ1v) is 14.5. The third-order valence-electron chi connectivity index (χ3n) is 7.38. The van der Waals surface area contributed by atoms with Crippen LogP contribution in [0.5, 0.6) is 17.2 Å². The van der Waals surface area contributed by atoms with Crippen molar-refractivity contribution in [2.24, 2.45) is 0 Å². The summed E-state index contributed by atoms with van der Waals surface area (Å²) in [5, 5.41) is 5.90. The van der Waals surface area contributed by atoms with Gasteiger partial charge >= 0.3 is 0 Å². The van der Waals surface area contributed by atoms with Crippen LogP contribution < -0.4 is 24.8 Å². The highest BCUT2D eigenvalue weighted by Gasteiger charge is 2.37. The summed E-state index contributed by atoms with van der Waals surface area (Å²) in [6.07, 6.45) is 3.33. The Morgan fingerprint density at radius 2 is 1.80 bits per heavy atom. The lowest BCUT2D eigenvalue weighted by Crippen LogP contribution is -2.49. The molecular weight excluding hydrogens is 566 g/mol. The van der Waals surface area contributed by atoms with Crippen molar-refractivity contribution < 1.29 is 33.4 Å². The number of nitrogens with one attached hydrogen (secondary N) is 2. The topological polar surface area (TPSA) is 139 Å². The zero-order valence-electron chi connectivity index (χ0n) is 25.6. The molecule has 2 aromatic carbocycles. The van der Waals surface area contributed by atoms with Gasteiger partial charge in [-0.1, -0.05) is 6.07 Å². The quantitative estimate of drug-likeness (QED) is 0.209. The van der Waals surface area contributed by atoms with Gasteiger partial charge in [-0.05, 0) is 75.3 Å². The van der Waals surface area contributed by atoms with E-state index in [-0.39, 0.29) is 13.1 Å². The van der Waals surface area contributed by atoms with Crippen LogP contribution in [0.4, 0.5) is 0 Å². The number of rotatable bonds is 14. The SMILES string of the molecule is COc1ccc(CNC(=O)C(=O)[C@@H]2CCCN2C(=O)CNC(=O)c2ccnc3ccc(OCCCN(C)C)cc23)cc1OC. The van der Waals surface area contributed by atoms with Crippen molar-refractivity contribution in [2.45, 2.75) is 31.8 Å². The Morgan fingerprint density at radius 1 is 1.00 bits per heavy atom. The predicted octanol–water partition coefficient (Wildman–Crippen LogP) is 2.19. The van der Waals surface area contributed by atoms with Crippen LogP contribution in [0.3, 0.4) is 0 Å². The Balaban J connectivity index is 1.34. The molecule has 3 amide bonds. The molecule has 0 unspecified atom stereocenters. The first kappa shape index (κ1) is 32.2. The van der Waals surface area contributed by atoms with E-state index in [0.717, 1.165) is 18.5 Å². The average molecular weight is 606 g/mol. The number of ether oxygens (including phenoxy) is 3. The monoisotopic (exact) mass is 605 g/mol. The second-order valence-electron chi connectivity index (χ2n) is 10.7. The summed E-state index contributed by atoms with van der Waals surface area (Å²) in [5.41, 5.74) is 1.69. The number of likely N-dealkylation sites (tertiary alicyclic amines) is 1. The fourth-order valence-corrected chi connectivity index (χ4v) is 5.09. The second-order valence-corrected chi connectivity index (χ2v) is 10.7. The highest BCUT2D eigenvalue weighted by Crippen LogP contribution is 2.27. The Bertz CT molecular complexity index is 1510. The number of pyridine rings is 1. The number of Topliss-reactive ketones (excluding diaryl/α,β-unsaturated/α-hetero) is 1. The average Bonchev–Trinajstić information content (AvgIpc) is 3.53. The zero-order valence-corrected chi connectivity index (χ0v) is 25.6. The standard InChI is InChI=1S/C32H39N5O7/c1-36(2)14-6-16-44-22-9-10-25-24(18-22)23(12-13-33-25)31(40)35-20-29(38)37-15-5-7-26(37)30(39)32(41)34-19-21-8-11-27(42-3)28(17-21)43-4/h8-13,17-18,26H,5-7,14-16,19-20H2,1-4H3,(H,34,41)(H,35,40)/t26-/m0/s1. The Kier molecular flexibility index (Phi) is 11.1. The smallest absolute Gasteiger partial charge is 0.289 e. The lowest BCUT2D eigenvalue weighted by Gasteiger charge is -2.23. The van der Waals surface area contributed by atoms with Crippen LogP contribution in [0.15, 0.2) is 48.7 Å². The molecule has 2 N–H and O–H groups in total. The minimum Gasteiger partial charge on any atom is -0.494 e. The van der Waals surface area contributed by atoms with E-state index in [1.54, 1.807) is 36.4 Å². The van der Waals surface area contributed by atoms with E-state index in [2.05, 4.69) is 20.5 Å². The van der Waals surface area contributed by atoms with Gasteiger partial charge in [-0.15, -0.1) is 0 Å². The van der Waals surface area contributed by atoms with Gasteiger partial charge in [0, 0.05) is 31.2 Å². The molecule has 0 saturated carbocycles. The molecule has 1 atom stereocenters. The van der Waals surface area contributed by atoms with Crippen molar-refractivity contribution in [3.05, 3.63) is 59.8 Å². The summed E-state index contributed by atoms with van der Waals surface area (Å²) in [7, 11) is 7.04. The van der Waals surface area contributed by atoms with Crippen LogP contribution >= 0.6 is 0 Å². The summed E-state index contributed by atoms with van der Waals surface area (Å²) in [6, 6.07) is 11.2. The molecular formula is C32H39N5O7. The Hall–Kier alpha value is -4.71. The zero-order chi connectivity index (χ0) is 31.6. The van der Waals surface area contributed by atoms with Gasteiger partial charge in [-0.2, -0.15) is 0 Å². The number of hydrogen-bond acceptors (Lipinski definition) is 9. The molecule has 12 nitrogen and oxygen atoms in total. The number of aromatic nitrogens is 1. The summed E-state index contributed by atoms with van der Waals surface area (Å²) >= 11 is 0. The van der Waals surface area contributed by atoms with Crippen LogP contribution in [0.2, 0.25) is 0 Å². The molecule has 1 aliphatic heterocycles. The van der Waals surface area contributed by atoms with Crippen molar-refractivity contribution in [1.29, 1.82) is 0 Å². The van der Waals surface area contributed by atoms with Crippen LogP contribution in [-0.2, 0) is 20.9 Å². The van der Waals surface area contributed by atoms with Crippen molar-refractivity contribution in [3.8, 4) is 17.2 Å². The highest BCUT2D eigenvalue weighted by molar-refractivity contribution is 6.38. The number of carbonyl (C=O) groups excluding carboxylic acids is 4. The Morgan fingerprint density at radius 3 is 2.55 bits per heavy atom. The maximum absolute atomic E-state index is 13.2. The number of ketones is 1. The third kappa shape index (κ3) is 8.01. The predicted molar refractivity (Wildman–Crippen MR) is 164 cm³/mol. The second kappa shape index (κ2) is 15.1. The van der Waals surface area contributed by atoms with Gasteiger partial charge in [0.15, 0.2) is 11.5 Å². The number of nitrogens with zero attached hydrogens (tertiary/aromatic N) is 3. The minimum absolute atomic E-state index is 0.102. The molecule has 1 saturated heterocycles. The van der Waals surface area contributed by atoms with Crippen molar-refractivity contribution >= 4 is 34.4 Å². The number of methoxy groups -OCH3 is 2. The number of fused-ring (bicyclic) bond motifs is 1. The molecule has 1 fully saturated rings. The van der Waals surface area contributed by atoms with E-state index >= 15 is 0 Å². The van der Waals surface area contributed by atoms with Gasteiger partial charge in [-0.25, -0.2) is 0 Å². The summed E-state index contributed by atoms with van der Waals surface area (Å²) in [6.45, 7) is 1.53. The van der Waals surface area contributed by atoms with E-state index in [0.29, 0.717) is 59.7 Å². The molecule has 2 heterocycles. The number of amides is 3. The van der Waals surface area contributed by atoms with Crippen molar-refractivity contribution in [1.82, 2.24) is 25.4 Å². The summed E-state index contributed by atoms with van der Waals surface area (Å²) in [5.74, 6) is -0.692. The van der Waals surface area contributed by atoms with Crippen LogP contribution in [0.25, 0.3) is 10.9 Å². The van der Waals surface area contributed by atoms with Crippen molar-refractivity contribution in [3.63, 3.8) is 0 Å². The fourth-order valence-electron chi connectivity index (χ4n) is 5.09. The molecule has 3 aromatic rings. The number of benzene rings is 2. The van der Waals surface area contributed by atoms with Crippen molar-refractivity contribution in [2.75, 3.05) is 54.6 Å². The van der Waals surface area contributed by atoms with Gasteiger partial charge < -0.3 is 34.6 Å². The van der Waals surface area contributed by atoms with Gasteiger partial charge in [-0.3, -0.25) is 24.2 Å². The molecule has 1 aliphatic rings. The Labute approximate surface area is 256 Å². The fraction of sp³-hybridized carbons (Fsp3) is 0.406. The summed E-state index contributed by atoms with van der Waals surface area (Å²) < 4.78 is 16.4. The van der Waals surface area contributed by atoms with Gasteiger partial charge in [0.1, 0.15) is 11.8 Å². The molecule has 0 aliphatic carbocycles. The summed E-state index contributed by atoms with van der Waals surface area (Å²) in [4.78, 5) is 59.8. The molecule has 44 heavy (non-hydrogen) atoms. The first-order chi connectivity index (χ1) is 21.2. The van der Waals surface area contributed by atoms with Crippen LogP contribution in [0.1, 0.15) is 35.2 Å². The van der Waals surface area contributed by atoms with Gasteiger partial charge in [0.05, 0.1) is 38.5 Å². The van der Waals surface area contributed by atoms with E-state index in [9.17, 15) is 19.2 Å². The highest BCUT2D eigenvalue weighted by atomic mass is 16.5. The molecule has 0 bridgehead atoms. The lowest BCUT2D eigenvalue weighted by molar-refractivity contribution is -0.144. The van der Waals surface area contributed by atoms with E-state index in [4.69, 9.17) is 14.2 Å². The maximum Gasteiger partial charge on any atom is 0.289 e. The van der Waals surface area contributed by atoms with E-state index in [1.165, 1.54) is 25.3 Å². The molecule has 0 radical (unpaired) electrons. The largest absolute Gasteiger partial charge is 0.494 e. The molecule has 4 rings (SSSR count). The third-order valence-corrected chi connectivity index (χ3v) is 7.38. The molecule has 1 aromatic heterocycles. The van der Waals surface area contributed by atoms with Gasteiger partial charge in [0.2, 0.25) is 11.7 Å². The van der Waals surface area contributed by atoms with Crippen LogP contribution in [0, 0.1) is 0 Å². The molecule has 12 heteroatoms. The number of carbonyl (C=O) groups is 4. The lowest BCUT2D eigenvalue weighted by atomic mass is 10.1. The minimum atomic E-state index is -0.890. The molecule has 234 valence electrons. The van der Waals surface area contributed by atoms with Crippen LogP contribution in [-0.4, -0.2) is 98.9 Å². The normalized spacial score (nSPS) is 14.4. The number of hydrogen-bond donors (Lipinski definition) is 2. The molecule has 0 spiro atoms.